The fourth-order valence-electron chi connectivity index (χ4n) is 3.13. The van der Waals surface area contributed by atoms with Gasteiger partial charge in [0.15, 0.2) is 0 Å². The fourth-order valence-corrected chi connectivity index (χ4v) is 3.13. The Morgan fingerprint density at radius 3 is 2.19 bits per heavy atom. The molecule has 2 heterocycles. The lowest BCUT2D eigenvalue weighted by atomic mass is 10.0. The number of rotatable bonds is 6. The first-order valence-corrected chi connectivity index (χ1v) is 8.03. The number of hydrogen-bond acceptors (Lipinski definition) is 6. The maximum absolute atomic E-state index is 5.75. The van der Waals surface area contributed by atoms with Crippen molar-refractivity contribution in [1.82, 2.24) is 14.9 Å². The normalized spacial score (nSPS) is 16.6. The van der Waals surface area contributed by atoms with Gasteiger partial charge in [0, 0.05) is 38.3 Å². The Bertz CT molecular complexity index is 416. The van der Waals surface area contributed by atoms with Crippen LogP contribution in [0.1, 0.15) is 39.5 Å². The van der Waals surface area contributed by atoms with E-state index in [1.54, 1.807) is 0 Å². The van der Waals surface area contributed by atoms with Crippen LogP contribution < -0.4 is 16.4 Å². The lowest BCUT2D eigenvalue weighted by Gasteiger charge is -2.40. The molecule has 118 valence electrons. The van der Waals surface area contributed by atoms with Crippen molar-refractivity contribution in [3.05, 3.63) is 6.07 Å². The van der Waals surface area contributed by atoms with Gasteiger partial charge in [0.25, 0.3) is 0 Å². The average molecular weight is 292 g/mol. The highest BCUT2D eigenvalue weighted by Gasteiger charge is 2.23. The Balaban J connectivity index is 1.95. The largest absolute Gasteiger partial charge is 0.383 e. The molecule has 0 atom stereocenters. The van der Waals surface area contributed by atoms with E-state index in [4.69, 9.17) is 11.5 Å². The van der Waals surface area contributed by atoms with Crippen LogP contribution in [0.4, 0.5) is 17.6 Å². The van der Waals surface area contributed by atoms with Gasteiger partial charge in [0.2, 0.25) is 5.95 Å². The van der Waals surface area contributed by atoms with E-state index >= 15 is 0 Å². The van der Waals surface area contributed by atoms with Crippen molar-refractivity contribution >= 4 is 17.6 Å². The second-order valence-electron chi connectivity index (χ2n) is 5.76. The van der Waals surface area contributed by atoms with Crippen LogP contribution in [-0.2, 0) is 0 Å². The third-order valence-corrected chi connectivity index (χ3v) is 4.15. The second kappa shape index (κ2) is 7.45. The minimum absolute atomic E-state index is 0.252. The maximum atomic E-state index is 5.75. The topological polar surface area (TPSA) is 84.3 Å². The fraction of sp³-hybridized carbons (Fsp3) is 0.733. The predicted octanol–water partition coefficient (Wildman–Crippen LogP) is 1.73. The first-order chi connectivity index (χ1) is 10.1. The van der Waals surface area contributed by atoms with E-state index in [1.807, 2.05) is 6.07 Å². The highest BCUT2D eigenvalue weighted by molar-refractivity contribution is 5.50. The second-order valence-corrected chi connectivity index (χ2v) is 5.76. The van der Waals surface area contributed by atoms with Crippen LogP contribution >= 0.6 is 0 Å². The summed E-state index contributed by atoms with van der Waals surface area (Å²) in [5.74, 6) is 1.54. The molecule has 0 spiro atoms. The Kier molecular flexibility index (Phi) is 5.61. The van der Waals surface area contributed by atoms with Gasteiger partial charge in [-0.2, -0.15) is 9.97 Å². The van der Waals surface area contributed by atoms with Crippen molar-refractivity contribution in [2.24, 2.45) is 0 Å². The van der Waals surface area contributed by atoms with Gasteiger partial charge in [-0.15, -0.1) is 0 Å². The summed E-state index contributed by atoms with van der Waals surface area (Å²) in [6.07, 6.45) is 5.09. The van der Waals surface area contributed by atoms with Crippen LogP contribution in [0.5, 0.6) is 0 Å². The molecule has 6 heteroatoms. The van der Waals surface area contributed by atoms with Gasteiger partial charge in [-0.25, -0.2) is 0 Å². The SMILES string of the molecule is CCCC(CCC)N1CCN(c2cc(N)nc(N)n2)CC1. The number of nitrogens with zero attached hydrogens (tertiary/aromatic N) is 4. The van der Waals surface area contributed by atoms with E-state index in [-0.39, 0.29) is 5.95 Å². The molecule has 0 radical (unpaired) electrons. The summed E-state index contributed by atoms with van der Waals surface area (Å²) < 4.78 is 0. The van der Waals surface area contributed by atoms with Gasteiger partial charge in [-0.1, -0.05) is 26.7 Å². The quantitative estimate of drug-likeness (QED) is 0.830. The van der Waals surface area contributed by atoms with Crippen molar-refractivity contribution in [3.8, 4) is 0 Å². The number of anilines is 3. The van der Waals surface area contributed by atoms with E-state index in [2.05, 4.69) is 33.6 Å². The zero-order valence-corrected chi connectivity index (χ0v) is 13.3. The van der Waals surface area contributed by atoms with Gasteiger partial charge in [-0.3, -0.25) is 4.90 Å². The van der Waals surface area contributed by atoms with E-state index in [1.165, 1.54) is 25.7 Å². The Morgan fingerprint density at radius 1 is 1.05 bits per heavy atom. The summed E-state index contributed by atoms with van der Waals surface area (Å²) in [6, 6.07) is 2.53. The summed E-state index contributed by atoms with van der Waals surface area (Å²) in [7, 11) is 0. The minimum atomic E-state index is 0.252. The maximum Gasteiger partial charge on any atom is 0.223 e. The minimum Gasteiger partial charge on any atom is -0.383 e. The Morgan fingerprint density at radius 2 is 1.67 bits per heavy atom. The van der Waals surface area contributed by atoms with Crippen LogP contribution in [-0.4, -0.2) is 47.1 Å². The zero-order valence-electron chi connectivity index (χ0n) is 13.3. The number of hydrogen-bond donors (Lipinski definition) is 2. The Labute approximate surface area is 127 Å². The molecule has 0 amide bonds. The van der Waals surface area contributed by atoms with Crippen LogP contribution in [0.2, 0.25) is 0 Å². The molecule has 4 N–H and O–H groups in total. The summed E-state index contributed by atoms with van der Waals surface area (Å²) in [6.45, 7) is 8.64. The lowest BCUT2D eigenvalue weighted by molar-refractivity contribution is 0.165. The van der Waals surface area contributed by atoms with Crippen molar-refractivity contribution in [2.75, 3.05) is 42.5 Å². The summed E-state index contributed by atoms with van der Waals surface area (Å²) in [5, 5.41) is 0. The van der Waals surface area contributed by atoms with Crippen LogP contribution in [0.15, 0.2) is 6.07 Å². The smallest absolute Gasteiger partial charge is 0.223 e. The molecule has 1 aromatic heterocycles. The van der Waals surface area contributed by atoms with E-state index in [0.29, 0.717) is 5.82 Å². The van der Waals surface area contributed by atoms with E-state index < -0.39 is 0 Å². The van der Waals surface area contributed by atoms with Crippen molar-refractivity contribution in [3.63, 3.8) is 0 Å². The number of nitrogens with two attached hydrogens (primary N) is 2. The third-order valence-electron chi connectivity index (χ3n) is 4.15. The van der Waals surface area contributed by atoms with Crippen LogP contribution in [0.25, 0.3) is 0 Å². The van der Waals surface area contributed by atoms with Crippen LogP contribution in [0, 0.1) is 0 Å². The molecule has 1 saturated heterocycles. The molecule has 21 heavy (non-hydrogen) atoms. The molecule has 1 fully saturated rings. The molecule has 1 aromatic rings. The number of aromatic nitrogens is 2. The van der Waals surface area contributed by atoms with Gasteiger partial charge < -0.3 is 16.4 Å². The molecular formula is C15H28N6. The Hall–Kier alpha value is -1.56. The highest BCUT2D eigenvalue weighted by Crippen LogP contribution is 2.20. The average Bonchev–Trinajstić information content (AvgIpc) is 2.46. The first kappa shape index (κ1) is 15.8. The predicted molar refractivity (Wildman–Crippen MR) is 88.2 cm³/mol. The summed E-state index contributed by atoms with van der Waals surface area (Å²) in [5.41, 5.74) is 11.4. The molecule has 0 saturated carbocycles. The molecule has 0 unspecified atom stereocenters. The van der Waals surface area contributed by atoms with Crippen molar-refractivity contribution in [1.29, 1.82) is 0 Å². The number of nitrogen functional groups attached to an aromatic ring is 2. The van der Waals surface area contributed by atoms with Crippen molar-refractivity contribution < 1.29 is 0 Å². The summed E-state index contributed by atoms with van der Waals surface area (Å²) >= 11 is 0. The standard InChI is InChI=1S/C15H28N6/c1-3-5-12(6-4-2)20-7-9-21(10-8-20)14-11-13(16)18-15(17)19-14/h11-12H,3-10H2,1-2H3,(H4,16,17,18,19). The monoisotopic (exact) mass is 292 g/mol. The first-order valence-electron chi connectivity index (χ1n) is 8.03. The van der Waals surface area contributed by atoms with Gasteiger partial charge in [-0.05, 0) is 12.8 Å². The van der Waals surface area contributed by atoms with Gasteiger partial charge >= 0.3 is 0 Å². The molecule has 0 aliphatic carbocycles. The molecule has 2 rings (SSSR count). The highest BCUT2D eigenvalue weighted by atomic mass is 15.3. The number of piperazine rings is 1. The lowest BCUT2D eigenvalue weighted by Crippen LogP contribution is -2.50. The summed E-state index contributed by atoms with van der Waals surface area (Å²) in [4.78, 5) is 13.1. The molecule has 1 aliphatic heterocycles. The molecule has 0 aromatic carbocycles. The molecule has 6 nitrogen and oxygen atoms in total. The van der Waals surface area contributed by atoms with E-state index in [9.17, 15) is 0 Å². The van der Waals surface area contributed by atoms with Crippen molar-refractivity contribution in [2.45, 2.75) is 45.6 Å². The molecule has 1 aliphatic rings. The zero-order chi connectivity index (χ0) is 15.2. The molecule has 0 bridgehead atoms. The third kappa shape index (κ3) is 4.20. The van der Waals surface area contributed by atoms with Crippen LogP contribution in [0.3, 0.4) is 0 Å². The van der Waals surface area contributed by atoms with Gasteiger partial charge in [0.05, 0.1) is 0 Å². The van der Waals surface area contributed by atoms with Gasteiger partial charge in [0.1, 0.15) is 11.6 Å². The van der Waals surface area contributed by atoms with E-state index in [0.717, 1.165) is 38.0 Å². The molecular weight excluding hydrogens is 264 g/mol.